The second-order valence-corrected chi connectivity index (χ2v) is 8.56. The zero-order chi connectivity index (χ0) is 23.6. The SMILES string of the molecule is COc1ccc(CCC(C)NCC(=O)c2ccc(OC(=O)c3ccccc3)c(SC)c2)cc1. The number of ketones is 1. The number of hydrogen-bond acceptors (Lipinski definition) is 6. The van der Waals surface area contributed by atoms with E-state index in [0.717, 1.165) is 23.5 Å². The van der Waals surface area contributed by atoms with E-state index in [2.05, 4.69) is 24.4 Å². The predicted octanol–water partition coefficient (Wildman–Crippen LogP) is 5.43. The van der Waals surface area contributed by atoms with E-state index in [1.807, 2.05) is 24.5 Å². The zero-order valence-corrected chi connectivity index (χ0v) is 20.0. The van der Waals surface area contributed by atoms with Crippen molar-refractivity contribution in [3.63, 3.8) is 0 Å². The molecule has 0 spiro atoms. The van der Waals surface area contributed by atoms with Crippen LogP contribution in [0.1, 0.15) is 39.6 Å². The van der Waals surface area contributed by atoms with Crippen LogP contribution >= 0.6 is 11.8 Å². The van der Waals surface area contributed by atoms with Gasteiger partial charge in [0, 0.05) is 11.6 Å². The average molecular weight is 464 g/mol. The molecular formula is C27H29NO4S. The molecule has 3 aromatic rings. The Hall–Kier alpha value is -3.09. The second-order valence-electron chi connectivity index (χ2n) is 7.71. The number of ether oxygens (including phenoxy) is 2. The molecular weight excluding hydrogens is 434 g/mol. The third kappa shape index (κ3) is 7.20. The summed E-state index contributed by atoms with van der Waals surface area (Å²) in [4.78, 5) is 25.8. The van der Waals surface area contributed by atoms with Gasteiger partial charge in [-0.2, -0.15) is 0 Å². The molecule has 0 fully saturated rings. The molecule has 172 valence electrons. The maximum Gasteiger partial charge on any atom is 0.343 e. The molecule has 5 nitrogen and oxygen atoms in total. The van der Waals surface area contributed by atoms with Crippen LogP contribution in [0.5, 0.6) is 11.5 Å². The zero-order valence-electron chi connectivity index (χ0n) is 19.2. The Morgan fingerprint density at radius 2 is 1.70 bits per heavy atom. The molecule has 6 heteroatoms. The molecule has 0 saturated heterocycles. The van der Waals surface area contributed by atoms with Crippen molar-refractivity contribution in [2.45, 2.75) is 30.7 Å². The van der Waals surface area contributed by atoms with Gasteiger partial charge in [0.15, 0.2) is 5.78 Å². The van der Waals surface area contributed by atoms with Crippen LogP contribution in [0.25, 0.3) is 0 Å². The topological polar surface area (TPSA) is 64.6 Å². The molecule has 0 aliphatic heterocycles. The summed E-state index contributed by atoms with van der Waals surface area (Å²) in [6.45, 7) is 2.33. The normalized spacial score (nSPS) is 11.6. The number of rotatable bonds is 11. The highest BCUT2D eigenvalue weighted by Gasteiger charge is 2.15. The lowest BCUT2D eigenvalue weighted by Gasteiger charge is -2.14. The molecule has 33 heavy (non-hydrogen) atoms. The number of carbonyl (C=O) groups is 2. The lowest BCUT2D eigenvalue weighted by Crippen LogP contribution is -2.31. The van der Waals surface area contributed by atoms with E-state index in [1.54, 1.807) is 49.6 Å². The lowest BCUT2D eigenvalue weighted by atomic mass is 10.1. The quantitative estimate of drug-likeness (QED) is 0.177. The first kappa shape index (κ1) is 24.6. The number of aryl methyl sites for hydroxylation is 1. The third-order valence-electron chi connectivity index (χ3n) is 5.33. The lowest BCUT2D eigenvalue weighted by molar-refractivity contribution is 0.0730. The van der Waals surface area contributed by atoms with Crippen molar-refractivity contribution >= 4 is 23.5 Å². The maximum atomic E-state index is 12.7. The number of hydrogen-bond donors (Lipinski definition) is 1. The molecule has 3 rings (SSSR count). The summed E-state index contributed by atoms with van der Waals surface area (Å²) in [5.41, 5.74) is 2.31. The Labute approximate surface area is 199 Å². The van der Waals surface area contributed by atoms with Crippen molar-refractivity contribution in [1.82, 2.24) is 5.32 Å². The van der Waals surface area contributed by atoms with Crippen molar-refractivity contribution in [3.8, 4) is 11.5 Å². The molecule has 1 N–H and O–H groups in total. The number of methoxy groups -OCH3 is 1. The number of thioether (sulfide) groups is 1. The molecule has 0 aromatic heterocycles. The van der Waals surface area contributed by atoms with E-state index in [9.17, 15) is 9.59 Å². The standard InChI is InChI=1S/C27H29NO4S/c1-19(9-10-20-11-14-23(31-2)15-12-20)28-18-24(29)22-13-16-25(26(17-22)33-3)32-27(30)21-7-5-4-6-8-21/h4-8,11-17,19,28H,9-10,18H2,1-3H3. The highest BCUT2D eigenvalue weighted by Crippen LogP contribution is 2.29. The number of carbonyl (C=O) groups excluding carboxylic acids is 2. The van der Waals surface area contributed by atoms with Crippen LogP contribution in [0.2, 0.25) is 0 Å². The fourth-order valence-electron chi connectivity index (χ4n) is 3.30. The van der Waals surface area contributed by atoms with Crippen LogP contribution in [-0.4, -0.2) is 37.7 Å². The van der Waals surface area contributed by atoms with Gasteiger partial charge < -0.3 is 14.8 Å². The van der Waals surface area contributed by atoms with Crippen LogP contribution in [0.4, 0.5) is 0 Å². The molecule has 0 aliphatic carbocycles. The summed E-state index contributed by atoms with van der Waals surface area (Å²) in [5, 5.41) is 3.31. The van der Waals surface area contributed by atoms with Crippen molar-refractivity contribution in [3.05, 3.63) is 89.5 Å². The monoisotopic (exact) mass is 463 g/mol. The van der Waals surface area contributed by atoms with E-state index in [0.29, 0.717) is 16.9 Å². The van der Waals surface area contributed by atoms with Gasteiger partial charge in [0.05, 0.1) is 24.1 Å². The summed E-state index contributed by atoms with van der Waals surface area (Å²) in [6, 6.07) is 22.3. The van der Waals surface area contributed by atoms with Crippen LogP contribution in [-0.2, 0) is 6.42 Å². The minimum absolute atomic E-state index is 0.00235. The summed E-state index contributed by atoms with van der Waals surface area (Å²) in [5.74, 6) is 0.884. The minimum atomic E-state index is -0.419. The highest BCUT2D eigenvalue weighted by molar-refractivity contribution is 7.98. The van der Waals surface area contributed by atoms with Gasteiger partial charge in [0.1, 0.15) is 11.5 Å². The van der Waals surface area contributed by atoms with Crippen molar-refractivity contribution in [2.24, 2.45) is 0 Å². The molecule has 0 aliphatic rings. The van der Waals surface area contributed by atoms with Crippen LogP contribution < -0.4 is 14.8 Å². The maximum absolute atomic E-state index is 12.7. The Morgan fingerprint density at radius 1 is 0.970 bits per heavy atom. The number of Topliss-reactive ketones (excluding diaryl/α,β-unsaturated/α-hetero) is 1. The molecule has 0 saturated carbocycles. The molecule has 0 radical (unpaired) electrons. The molecule has 3 aromatic carbocycles. The second kappa shape index (κ2) is 12.2. The van der Waals surface area contributed by atoms with E-state index >= 15 is 0 Å². The van der Waals surface area contributed by atoms with Gasteiger partial charge in [-0.3, -0.25) is 4.79 Å². The van der Waals surface area contributed by atoms with Crippen molar-refractivity contribution in [1.29, 1.82) is 0 Å². The van der Waals surface area contributed by atoms with Crippen molar-refractivity contribution < 1.29 is 19.1 Å². The van der Waals surface area contributed by atoms with Gasteiger partial charge >= 0.3 is 5.97 Å². The van der Waals surface area contributed by atoms with E-state index < -0.39 is 5.97 Å². The Morgan fingerprint density at radius 3 is 2.36 bits per heavy atom. The van der Waals surface area contributed by atoms with Gasteiger partial charge in [-0.15, -0.1) is 11.8 Å². The van der Waals surface area contributed by atoms with Crippen molar-refractivity contribution in [2.75, 3.05) is 19.9 Å². The highest BCUT2D eigenvalue weighted by atomic mass is 32.2. The van der Waals surface area contributed by atoms with Gasteiger partial charge in [-0.1, -0.05) is 30.3 Å². The molecule has 1 atom stereocenters. The molecule has 0 bridgehead atoms. The minimum Gasteiger partial charge on any atom is -0.497 e. The first-order chi connectivity index (χ1) is 16.0. The van der Waals surface area contributed by atoms with Gasteiger partial charge in [0.2, 0.25) is 0 Å². The fraction of sp³-hybridized carbons (Fsp3) is 0.259. The Kier molecular flexibility index (Phi) is 9.10. The third-order valence-corrected chi connectivity index (χ3v) is 6.09. The van der Waals surface area contributed by atoms with Crippen LogP contribution in [0.3, 0.4) is 0 Å². The first-order valence-corrected chi connectivity index (χ1v) is 12.1. The van der Waals surface area contributed by atoms with E-state index in [1.165, 1.54) is 17.3 Å². The number of esters is 1. The fourth-order valence-corrected chi connectivity index (χ4v) is 3.86. The average Bonchev–Trinajstić information content (AvgIpc) is 2.87. The predicted molar refractivity (Wildman–Crippen MR) is 133 cm³/mol. The van der Waals surface area contributed by atoms with Gasteiger partial charge in [-0.25, -0.2) is 4.79 Å². The van der Waals surface area contributed by atoms with Crippen LogP contribution in [0.15, 0.2) is 77.7 Å². The smallest absolute Gasteiger partial charge is 0.343 e. The van der Waals surface area contributed by atoms with E-state index in [-0.39, 0.29) is 18.4 Å². The summed E-state index contributed by atoms with van der Waals surface area (Å²) >= 11 is 1.44. The largest absolute Gasteiger partial charge is 0.497 e. The molecule has 0 amide bonds. The van der Waals surface area contributed by atoms with Gasteiger partial charge in [0.25, 0.3) is 0 Å². The molecule has 1 unspecified atom stereocenters. The van der Waals surface area contributed by atoms with E-state index in [4.69, 9.17) is 9.47 Å². The Bertz CT molecular complexity index is 1070. The van der Waals surface area contributed by atoms with Crippen LogP contribution in [0, 0.1) is 0 Å². The Balaban J connectivity index is 1.53. The summed E-state index contributed by atoms with van der Waals surface area (Å²) in [7, 11) is 1.66. The number of nitrogens with one attached hydrogen (secondary N) is 1. The number of benzene rings is 3. The summed E-state index contributed by atoms with van der Waals surface area (Å²) < 4.78 is 10.7. The summed E-state index contributed by atoms with van der Waals surface area (Å²) in [6.07, 6.45) is 3.73. The first-order valence-electron chi connectivity index (χ1n) is 10.8. The van der Waals surface area contributed by atoms with Gasteiger partial charge in [-0.05, 0) is 74.0 Å². The molecule has 0 heterocycles.